The maximum Gasteiger partial charge on any atom is 0.416 e. The molecule has 8 nitrogen and oxygen atoms in total. The zero-order chi connectivity index (χ0) is 36.6. The summed E-state index contributed by atoms with van der Waals surface area (Å²) in [5.41, 5.74) is -3.43. The third-order valence-corrected chi connectivity index (χ3v) is 9.32. The summed E-state index contributed by atoms with van der Waals surface area (Å²) in [5.74, 6) is -1.68. The van der Waals surface area contributed by atoms with E-state index < -0.39 is 65.0 Å². The molecule has 4 amide bonds. The molecule has 1 aliphatic carbocycles. The number of likely N-dealkylation sites (N-methyl/N-ethyl adjacent to an activating group) is 1. The van der Waals surface area contributed by atoms with Crippen molar-refractivity contribution in [2.75, 3.05) is 38.6 Å². The van der Waals surface area contributed by atoms with E-state index in [1.165, 1.54) is 41.1 Å². The molecule has 2 aromatic rings. The third-order valence-electron chi connectivity index (χ3n) is 9.32. The molecule has 0 aromatic heterocycles. The fourth-order valence-corrected chi connectivity index (χ4v) is 6.77. The lowest BCUT2D eigenvalue weighted by molar-refractivity contribution is -0.143. The van der Waals surface area contributed by atoms with Gasteiger partial charge in [0.2, 0.25) is 5.91 Å². The van der Waals surface area contributed by atoms with Crippen LogP contribution in [0.15, 0.2) is 42.5 Å². The van der Waals surface area contributed by atoms with Crippen molar-refractivity contribution in [2.24, 2.45) is 11.3 Å². The monoisotopic (exact) mass is 702 g/mol. The average molecular weight is 703 g/mol. The molecular weight excluding hydrogens is 661 g/mol. The Balaban J connectivity index is 1.56. The lowest BCUT2D eigenvalue weighted by Crippen LogP contribution is -2.48. The number of halogens is 7. The first-order valence-corrected chi connectivity index (χ1v) is 15.9. The molecule has 0 spiro atoms. The summed E-state index contributed by atoms with van der Waals surface area (Å²) in [6.45, 7) is 6.31. The van der Waals surface area contributed by atoms with Crippen LogP contribution >= 0.6 is 0 Å². The van der Waals surface area contributed by atoms with E-state index >= 15 is 0 Å². The van der Waals surface area contributed by atoms with Gasteiger partial charge < -0.3 is 19.8 Å². The van der Waals surface area contributed by atoms with Crippen LogP contribution in [0.25, 0.3) is 0 Å². The second-order valence-electron chi connectivity index (χ2n) is 14.2. The standard InChI is InChI=1S/C34H41F7N4O4/c1-32(2,3)19-45(31(48)49)25-12-8-21(9-13-25)29(46)44-17-27(20-6-10-24(35)11-7-20)28(18-44)43(5)30(47)42(4)26-15-22(33(36,37)38)14-23(16-26)34(39,40)41/h6-7,10-11,14-16,21,25,27-28H,8-9,12-13,17-19H2,1-5H3,(H,48,49)/t21-,25-,27-,28+/m0/s1. The summed E-state index contributed by atoms with van der Waals surface area (Å²) < 4.78 is 95.0. The van der Waals surface area contributed by atoms with Gasteiger partial charge in [0, 0.05) is 57.3 Å². The lowest BCUT2D eigenvalue weighted by atomic mass is 9.83. The fourth-order valence-electron chi connectivity index (χ4n) is 6.77. The van der Waals surface area contributed by atoms with E-state index in [0.29, 0.717) is 54.8 Å². The maximum absolute atomic E-state index is 13.8. The number of carbonyl (C=O) groups is 3. The number of amides is 4. The van der Waals surface area contributed by atoms with Crippen LogP contribution in [0.3, 0.4) is 0 Å². The molecule has 0 radical (unpaired) electrons. The van der Waals surface area contributed by atoms with Gasteiger partial charge >= 0.3 is 24.5 Å². The minimum absolute atomic E-state index is 0.0125. The molecule has 49 heavy (non-hydrogen) atoms. The molecular formula is C34H41F7N4O4. The van der Waals surface area contributed by atoms with Crippen molar-refractivity contribution in [1.29, 1.82) is 0 Å². The summed E-state index contributed by atoms with van der Waals surface area (Å²) in [6, 6.07) is 4.45. The molecule has 2 fully saturated rings. The first kappa shape index (κ1) is 37.8. The first-order valence-electron chi connectivity index (χ1n) is 15.9. The predicted molar refractivity (Wildman–Crippen MR) is 167 cm³/mol. The van der Waals surface area contributed by atoms with Crippen LogP contribution in [-0.4, -0.2) is 83.7 Å². The Labute approximate surface area is 280 Å². The Bertz CT molecular complexity index is 1480. The van der Waals surface area contributed by atoms with E-state index in [0.717, 1.165) is 7.05 Å². The van der Waals surface area contributed by atoms with E-state index in [1.54, 1.807) is 4.90 Å². The highest BCUT2D eigenvalue weighted by Crippen LogP contribution is 2.40. The van der Waals surface area contributed by atoms with Crippen LogP contribution in [0.2, 0.25) is 0 Å². The third kappa shape index (κ3) is 8.96. The molecule has 4 rings (SSSR count). The Morgan fingerprint density at radius 2 is 1.37 bits per heavy atom. The number of carbonyl (C=O) groups excluding carboxylic acids is 2. The van der Waals surface area contributed by atoms with Crippen molar-refractivity contribution >= 4 is 23.7 Å². The molecule has 1 aliphatic heterocycles. The second kappa shape index (κ2) is 14.1. The second-order valence-corrected chi connectivity index (χ2v) is 14.2. The highest BCUT2D eigenvalue weighted by molar-refractivity contribution is 5.92. The van der Waals surface area contributed by atoms with E-state index in [2.05, 4.69) is 0 Å². The van der Waals surface area contributed by atoms with Gasteiger partial charge in [-0.2, -0.15) is 26.3 Å². The highest BCUT2D eigenvalue weighted by atomic mass is 19.4. The number of benzene rings is 2. The zero-order valence-corrected chi connectivity index (χ0v) is 27.9. The van der Waals surface area contributed by atoms with Crippen molar-refractivity contribution in [3.8, 4) is 0 Å². The molecule has 2 aromatic carbocycles. The van der Waals surface area contributed by atoms with Gasteiger partial charge in [-0.1, -0.05) is 32.9 Å². The number of rotatable bonds is 6. The van der Waals surface area contributed by atoms with Crippen LogP contribution in [0, 0.1) is 17.2 Å². The molecule has 1 heterocycles. The quantitative estimate of drug-likeness (QED) is 0.310. The normalized spacial score (nSPS) is 21.8. The van der Waals surface area contributed by atoms with Gasteiger partial charge in [-0.3, -0.25) is 9.69 Å². The number of nitrogens with zero attached hydrogens (tertiary/aromatic N) is 4. The van der Waals surface area contributed by atoms with Gasteiger partial charge in [0.25, 0.3) is 0 Å². The molecule has 15 heteroatoms. The molecule has 1 saturated heterocycles. The number of carboxylic acid groups (broad SMARTS) is 1. The van der Waals surface area contributed by atoms with E-state index in [4.69, 9.17) is 0 Å². The summed E-state index contributed by atoms with van der Waals surface area (Å²) in [7, 11) is 2.42. The van der Waals surface area contributed by atoms with Gasteiger partial charge in [-0.15, -0.1) is 0 Å². The van der Waals surface area contributed by atoms with Crippen LogP contribution in [0.4, 0.5) is 46.0 Å². The minimum Gasteiger partial charge on any atom is -0.465 e. The number of urea groups is 1. The van der Waals surface area contributed by atoms with Gasteiger partial charge in [0.1, 0.15) is 5.82 Å². The number of anilines is 1. The molecule has 1 N–H and O–H groups in total. The summed E-state index contributed by atoms with van der Waals surface area (Å²) in [6.07, 6.45) is -9.39. The predicted octanol–water partition coefficient (Wildman–Crippen LogP) is 7.93. The van der Waals surface area contributed by atoms with Crippen LogP contribution in [-0.2, 0) is 17.1 Å². The van der Waals surface area contributed by atoms with Crippen molar-refractivity contribution in [1.82, 2.24) is 14.7 Å². The lowest BCUT2D eigenvalue weighted by Gasteiger charge is -2.38. The molecule has 1 saturated carbocycles. The van der Waals surface area contributed by atoms with E-state index in [9.17, 15) is 50.2 Å². The van der Waals surface area contributed by atoms with Crippen molar-refractivity contribution in [3.63, 3.8) is 0 Å². The maximum atomic E-state index is 13.8. The molecule has 0 bridgehead atoms. The van der Waals surface area contributed by atoms with Crippen molar-refractivity contribution in [2.45, 2.75) is 76.8 Å². The SMILES string of the molecule is CN(C(=O)N(C)[C@@H]1CN(C(=O)[C@H]2CC[C@H](N(CC(C)(C)C)C(=O)O)CC2)C[C@H]1c1ccc(F)cc1)c1cc(C(F)(F)F)cc(C(F)(F)F)c1. The van der Waals surface area contributed by atoms with Crippen LogP contribution in [0.1, 0.15) is 69.1 Å². The summed E-state index contributed by atoms with van der Waals surface area (Å²) >= 11 is 0. The van der Waals surface area contributed by atoms with Gasteiger partial charge in [0.15, 0.2) is 0 Å². The highest BCUT2D eigenvalue weighted by Gasteiger charge is 2.44. The molecule has 0 unspecified atom stereocenters. The summed E-state index contributed by atoms with van der Waals surface area (Å²) in [4.78, 5) is 44.4. The zero-order valence-electron chi connectivity index (χ0n) is 27.9. The topological polar surface area (TPSA) is 84.4 Å². The van der Waals surface area contributed by atoms with Crippen LogP contribution in [0.5, 0.6) is 0 Å². The van der Waals surface area contributed by atoms with Gasteiger partial charge in [0.05, 0.1) is 17.2 Å². The summed E-state index contributed by atoms with van der Waals surface area (Å²) in [5, 5.41) is 9.82. The largest absolute Gasteiger partial charge is 0.465 e. The fraction of sp³-hybridized carbons (Fsp3) is 0.559. The van der Waals surface area contributed by atoms with E-state index in [-0.39, 0.29) is 36.5 Å². The van der Waals surface area contributed by atoms with Gasteiger partial charge in [-0.25, -0.2) is 14.0 Å². The Morgan fingerprint density at radius 1 is 0.837 bits per heavy atom. The number of hydrogen-bond acceptors (Lipinski definition) is 3. The Hall–Kier alpha value is -4.04. The minimum atomic E-state index is -5.11. The smallest absolute Gasteiger partial charge is 0.416 e. The van der Waals surface area contributed by atoms with Crippen molar-refractivity contribution in [3.05, 3.63) is 65.0 Å². The molecule has 2 atom stereocenters. The average Bonchev–Trinajstić information content (AvgIpc) is 3.46. The van der Waals surface area contributed by atoms with Gasteiger partial charge in [-0.05, 0) is 67.0 Å². The van der Waals surface area contributed by atoms with Crippen molar-refractivity contribution < 1.29 is 50.2 Å². The van der Waals surface area contributed by atoms with E-state index in [1.807, 2.05) is 20.8 Å². The number of alkyl halides is 6. The Kier molecular flexibility index (Phi) is 10.8. The molecule has 2 aliphatic rings. The number of hydrogen-bond donors (Lipinski definition) is 1. The van der Waals surface area contributed by atoms with Crippen LogP contribution < -0.4 is 4.90 Å². The first-order chi connectivity index (χ1) is 22.6. The number of likely N-dealkylation sites (tertiary alicyclic amines) is 1. The Morgan fingerprint density at radius 3 is 1.84 bits per heavy atom. The molecule has 270 valence electrons.